The summed E-state index contributed by atoms with van der Waals surface area (Å²) in [4.78, 5) is 12.1. The number of ether oxygens (including phenoxy) is 4. The molecule has 0 atom stereocenters. The molecule has 0 aliphatic heterocycles. The number of nitrogens with zero attached hydrogens (tertiary/aromatic N) is 2. The Morgan fingerprint density at radius 3 is 2.42 bits per heavy atom. The van der Waals surface area contributed by atoms with E-state index in [1.807, 2.05) is 0 Å². The normalized spacial score (nSPS) is 31.5. The number of hydrogen-bond acceptors (Lipinski definition) is 8. The second-order valence-corrected chi connectivity index (χ2v) is 7.67. The van der Waals surface area contributed by atoms with E-state index in [9.17, 15) is 31.1 Å². The van der Waals surface area contributed by atoms with E-state index in [0.717, 1.165) is 0 Å². The lowest BCUT2D eigenvalue weighted by molar-refractivity contribution is -0.357. The average Bonchev–Trinajstić information content (AvgIpc) is 3.29. The standard InChI is InChI=1S/C16H17F6N3O6/c17-15(18,19)29-2-1-27-12-25-24-11(30-12)13-6-14(13,7-13)23-10(26)5-28-8-3-9(4-8)31-16(20,21)22/h8-9H,1-7H2,(H,23,26). The fourth-order valence-corrected chi connectivity index (χ4v) is 3.64. The Hall–Kier alpha value is -2.13. The largest absolute Gasteiger partial charge is 0.522 e. The van der Waals surface area contributed by atoms with Gasteiger partial charge in [-0.2, -0.15) is 0 Å². The van der Waals surface area contributed by atoms with Crippen molar-refractivity contribution in [2.45, 2.75) is 61.6 Å². The highest BCUT2D eigenvalue weighted by atomic mass is 19.4. The average molecular weight is 461 g/mol. The van der Waals surface area contributed by atoms with E-state index in [1.54, 1.807) is 0 Å². The first-order chi connectivity index (χ1) is 14.4. The highest BCUT2D eigenvalue weighted by Gasteiger charge is 2.87. The Kier molecular flexibility index (Phi) is 5.33. The number of aromatic nitrogens is 2. The van der Waals surface area contributed by atoms with Crippen molar-refractivity contribution in [3.05, 3.63) is 5.89 Å². The van der Waals surface area contributed by atoms with Gasteiger partial charge in [-0.05, 0) is 12.8 Å². The van der Waals surface area contributed by atoms with E-state index in [4.69, 9.17) is 13.9 Å². The van der Waals surface area contributed by atoms with Crippen molar-refractivity contribution in [3.63, 3.8) is 0 Å². The molecule has 1 N–H and O–H groups in total. The van der Waals surface area contributed by atoms with Crippen LogP contribution in [0.25, 0.3) is 0 Å². The van der Waals surface area contributed by atoms with Crippen molar-refractivity contribution in [2.75, 3.05) is 19.8 Å². The first-order valence-electron chi connectivity index (χ1n) is 9.24. The summed E-state index contributed by atoms with van der Waals surface area (Å²) in [6, 6.07) is 0. The number of alkyl halides is 6. The number of hydrogen-bond donors (Lipinski definition) is 1. The van der Waals surface area contributed by atoms with Gasteiger partial charge < -0.3 is 19.2 Å². The summed E-state index contributed by atoms with van der Waals surface area (Å²) < 4.78 is 94.7. The van der Waals surface area contributed by atoms with Crippen LogP contribution in [0.15, 0.2) is 4.42 Å². The molecule has 1 heterocycles. The highest BCUT2D eigenvalue weighted by Crippen LogP contribution is 2.78. The summed E-state index contributed by atoms with van der Waals surface area (Å²) in [6.45, 7) is -1.49. The van der Waals surface area contributed by atoms with Crippen LogP contribution in [0, 0.1) is 0 Å². The number of rotatable bonds is 10. The van der Waals surface area contributed by atoms with Crippen molar-refractivity contribution in [2.24, 2.45) is 0 Å². The van der Waals surface area contributed by atoms with E-state index in [1.165, 1.54) is 0 Å². The molecule has 15 heteroatoms. The molecule has 0 unspecified atom stereocenters. The zero-order valence-electron chi connectivity index (χ0n) is 15.7. The highest BCUT2D eigenvalue weighted by molar-refractivity contribution is 5.81. The van der Waals surface area contributed by atoms with Gasteiger partial charge in [0.25, 0.3) is 0 Å². The van der Waals surface area contributed by atoms with E-state index < -0.39 is 55.0 Å². The van der Waals surface area contributed by atoms with Gasteiger partial charge in [-0.1, -0.05) is 5.10 Å². The molecule has 0 radical (unpaired) electrons. The fourth-order valence-electron chi connectivity index (χ4n) is 3.64. The third-order valence-corrected chi connectivity index (χ3v) is 5.44. The van der Waals surface area contributed by atoms with Gasteiger partial charge in [-0.25, -0.2) is 0 Å². The summed E-state index contributed by atoms with van der Waals surface area (Å²) in [6.07, 6.45) is -10.0. The van der Waals surface area contributed by atoms with Crippen molar-refractivity contribution >= 4 is 5.91 Å². The molecule has 0 spiro atoms. The van der Waals surface area contributed by atoms with Crippen LogP contribution < -0.4 is 10.1 Å². The Morgan fingerprint density at radius 1 is 1.06 bits per heavy atom. The Balaban J connectivity index is 1.15. The van der Waals surface area contributed by atoms with Gasteiger partial charge in [0.15, 0.2) is 0 Å². The van der Waals surface area contributed by atoms with Gasteiger partial charge in [-0.15, -0.1) is 31.4 Å². The van der Waals surface area contributed by atoms with E-state index in [-0.39, 0.29) is 31.4 Å². The first-order valence-corrected chi connectivity index (χ1v) is 9.24. The maximum atomic E-state index is 12.1. The number of nitrogens with one attached hydrogen (secondary N) is 1. The van der Waals surface area contributed by atoms with Crippen molar-refractivity contribution < 1.29 is 54.5 Å². The summed E-state index contributed by atoms with van der Waals surface area (Å²) in [5, 5.41) is 10.2. The topological polar surface area (TPSA) is 105 Å². The zero-order chi connectivity index (χ0) is 22.5. The van der Waals surface area contributed by atoms with Gasteiger partial charge >= 0.3 is 18.8 Å². The van der Waals surface area contributed by atoms with Crippen LogP contribution >= 0.6 is 0 Å². The Labute approximate surface area is 170 Å². The molecular weight excluding hydrogens is 444 g/mol. The van der Waals surface area contributed by atoms with Crippen molar-refractivity contribution in [1.29, 1.82) is 0 Å². The molecule has 3 aliphatic rings. The summed E-state index contributed by atoms with van der Waals surface area (Å²) in [5.74, 6) is -0.230. The van der Waals surface area contributed by atoms with Crippen LogP contribution in [0.2, 0.25) is 0 Å². The van der Waals surface area contributed by atoms with E-state index >= 15 is 0 Å². The van der Waals surface area contributed by atoms with Crippen LogP contribution in [0.4, 0.5) is 26.3 Å². The molecule has 4 rings (SSSR count). The number of amides is 1. The predicted octanol–water partition coefficient (Wildman–Crippen LogP) is 1.97. The molecule has 1 aromatic rings. The van der Waals surface area contributed by atoms with Crippen molar-refractivity contribution in [3.8, 4) is 6.08 Å². The number of fused-ring (bicyclic) bond motifs is 1. The number of carbonyl (C=O) groups is 1. The van der Waals surface area contributed by atoms with E-state index in [2.05, 4.69) is 25.0 Å². The molecule has 1 aromatic heterocycles. The summed E-state index contributed by atoms with van der Waals surface area (Å²) in [7, 11) is 0. The third-order valence-electron chi connectivity index (χ3n) is 5.44. The minimum atomic E-state index is -4.76. The van der Waals surface area contributed by atoms with Gasteiger partial charge in [0.1, 0.15) is 13.2 Å². The van der Waals surface area contributed by atoms with Gasteiger partial charge in [0.05, 0.1) is 29.8 Å². The van der Waals surface area contributed by atoms with E-state index in [0.29, 0.717) is 12.8 Å². The lowest BCUT2D eigenvalue weighted by atomic mass is 9.92. The smallest absolute Gasteiger partial charge is 0.447 e. The molecule has 174 valence electrons. The molecular formula is C16H17F6N3O6. The molecule has 1 amide bonds. The zero-order valence-corrected chi connectivity index (χ0v) is 15.7. The molecule has 3 saturated carbocycles. The molecule has 3 aliphatic carbocycles. The molecule has 0 saturated heterocycles. The lowest BCUT2D eigenvalue weighted by Gasteiger charge is -2.34. The Bertz CT molecular complexity index is 816. The van der Waals surface area contributed by atoms with Gasteiger partial charge in [0, 0.05) is 12.8 Å². The molecule has 9 nitrogen and oxygen atoms in total. The maximum Gasteiger partial charge on any atom is 0.522 e. The second kappa shape index (κ2) is 7.48. The van der Waals surface area contributed by atoms with Crippen LogP contribution in [0.5, 0.6) is 6.08 Å². The third kappa shape index (κ3) is 5.03. The lowest BCUT2D eigenvalue weighted by Crippen LogP contribution is -2.43. The summed E-state index contributed by atoms with van der Waals surface area (Å²) >= 11 is 0. The van der Waals surface area contributed by atoms with Crippen LogP contribution in [0.3, 0.4) is 0 Å². The van der Waals surface area contributed by atoms with Gasteiger partial charge in [0.2, 0.25) is 11.8 Å². The van der Waals surface area contributed by atoms with Crippen molar-refractivity contribution in [1.82, 2.24) is 15.5 Å². The monoisotopic (exact) mass is 461 g/mol. The summed E-state index contributed by atoms with van der Waals surface area (Å²) in [5.41, 5.74) is -1.10. The predicted molar refractivity (Wildman–Crippen MR) is 83.5 cm³/mol. The molecule has 0 bridgehead atoms. The van der Waals surface area contributed by atoms with Gasteiger partial charge in [-0.3, -0.25) is 14.3 Å². The molecule has 0 aromatic carbocycles. The second-order valence-electron chi connectivity index (χ2n) is 7.67. The Morgan fingerprint density at radius 2 is 1.77 bits per heavy atom. The molecule has 31 heavy (non-hydrogen) atoms. The van der Waals surface area contributed by atoms with Crippen LogP contribution in [0.1, 0.15) is 31.6 Å². The first kappa shape index (κ1) is 22.1. The fraction of sp³-hybridized carbons (Fsp3) is 0.812. The number of halogens is 6. The van der Waals surface area contributed by atoms with Crippen LogP contribution in [-0.4, -0.2) is 66.4 Å². The maximum absolute atomic E-state index is 12.1. The quantitative estimate of drug-likeness (QED) is 0.417. The molecule has 3 fully saturated rings. The minimum absolute atomic E-state index is 0.0562. The minimum Gasteiger partial charge on any atom is -0.447 e. The van der Waals surface area contributed by atoms with Crippen LogP contribution in [-0.2, 0) is 24.4 Å². The number of carbonyl (C=O) groups excluding carboxylic acids is 1. The SMILES string of the molecule is O=C(COC1CC(OC(F)(F)F)C1)NC12CC1(c1nnc(OCCOC(F)(F)F)o1)C2.